The van der Waals surface area contributed by atoms with Crippen LogP contribution in [0, 0.1) is 6.92 Å². The van der Waals surface area contributed by atoms with Crippen LogP contribution in [0.1, 0.15) is 19.4 Å². The summed E-state index contributed by atoms with van der Waals surface area (Å²) in [5.41, 5.74) is 2.87. The van der Waals surface area contributed by atoms with Crippen LogP contribution in [0.4, 0.5) is 0 Å². The molecule has 0 aliphatic rings. The van der Waals surface area contributed by atoms with Crippen molar-refractivity contribution >= 4 is 21.0 Å². The number of aromatic nitrogens is 4. The molecule has 0 saturated carbocycles. The number of aryl methyl sites for hydroxylation is 2. The molecule has 0 unspecified atom stereocenters. The summed E-state index contributed by atoms with van der Waals surface area (Å²) >= 11 is 0. The fourth-order valence-electron chi connectivity index (χ4n) is 2.56. The summed E-state index contributed by atoms with van der Waals surface area (Å²) in [5.74, 6) is 0.559. The minimum atomic E-state index is -3.38. The number of imidazole rings is 1. The molecule has 23 heavy (non-hydrogen) atoms. The molecule has 0 amide bonds. The number of nitrogens with zero attached hydrogens (tertiary/aromatic N) is 4. The maximum atomic E-state index is 12.4. The van der Waals surface area contributed by atoms with Crippen LogP contribution in [0.25, 0.3) is 22.7 Å². The van der Waals surface area contributed by atoms with Gasteiger partial charge in [-0.1, -0.05) is 6.92 Å². The maximum Gasteiger partial charge on any atom is 0.180 e. The summed E-state index contributed by atoms with van der Waals surface area (Å²) in [6.45, 7) is 6.18. The lowest BCUT2D eigenvalue weighted by Crippen LogP contribution is -2.09. The van der Waals surface area contributed by atoms with Gasteiger partial charge >= 0.3 is 0 Å². The third kappa shape index (κ3) is 2.61. The van der Waals surface area contributed by atoms with E-state index in [4.69, 9.17) is 0 Å². The van der Waals surface area contributed by atoms with E-state index in [-0.39, 0.29) is 10.6 Å². The van der Waals surface area contributed by atoms with Crippen molar-refractivity contribution < 1.29 is 8.42 Å². The zero-order chi connectivity index (χ0) is 16.6. The van der Waals surface area contributed by atoms with Crippen LogP contribution in [0.5, 0.6) is 0 Å². The molecule has 0 aliphatic heterocycles. The summed E-state index contributed by atoms with van der Waals surface area (Å²) in [7, 11) is -3.38. The number of hydrogen-bond donors (Lipinski definition) is 0. The Hall–Kier alpha value is -2.28. The predicted molar refractivity (Wildman–Crippen MR) is 88.9 cm³/mol. The van der Waals surface area contributed by atoms with Gasteiger partial charge in [-0.2, -0.15) is 0 Å². The Balaban J connectivity index is 2.34. The molecule has 6 nitrogen and oxygen atoms in total. The van der Waals surface area contributed by atoms with E-state index < -0.39 is 9.84 Å². The molecule has 0 spiro atoms. The van der Waals surface area contributed by atoms with Crippen molar-refractivity contribution in [3.8, 4) is 11.5 Å². The molecule has 3 aromatic heterocycles. The van der Waals surface area contributed by atoms with Gasteiger partial charge in [0.05, 0.1) is 10.6 Å². The molecule has 0 saturated heterocycles. The highest BCUT2D eigenvalue weighted by atomic mass is 32.2. The highest BCUT2D eigenvalue weighted by Crippen LogP contribution is 2.28. The SMILES string of the molecule is CCn1c(-c2ncccc2S(=O)(=O)CC)nc2cc(C)cnc21. The molecule has 3 rings (SSSR count). The first-order valence-corrected chi connectivity index (χ1v) is 9.14. The van der Waals surface area contributed by atoms with Crippen LogP contribution in [0.2, 0.25) is 0 Å². The molecule has 0 aromatic carbocycles. The van der Waals surface area contributed by atoms with Crippen LogP contribution < -0.4 is 0 Å². The third-order valence-electron chi connectivity index (χ3n) is 3.74. The molecule has 0 bridgehead atoms. The Labute approximate surface area is 135 Å². The van der Waals surface area contributed by atoms with Crippen LogP contribution >= 0.6 is 0 Å². The van der Waals surface area contributed by atoms with Crippen molar-refractivity contribution in [3.05, 3.63) is 36.2 Å². The van der Waals surface area contributed by atoms with E-state index in [1.165, 1.54) is 0 Å². The number of sulfone groups is 1. The Morgan fingerprint density at radius 2 is 2.00 bits per heavy atom. The molecular formula is C16H18N4O2S. The molecule has 0 radical (unpaired) electrons. The van der Waals surface area contributed by atoms with Crippen LogP contribution in [-0.2, 0) is 16.4 Å². The summed E-state index contributed by atoms with van der Waals surface area (Å²) in [6, 6.07) is 5.15. The van der Waals surface area contributed by atoms with E-state index in [2.05, 4.69) is 15.0 Å². The minimum absolute atomic E-state index is 0.0232. The van der Waals surface area contributed by atoms with E-state index in [1.807, 2.05) is 24.5 Å². The third-order valence-corrected chi connectivity index (χ3v) is 5.50. The van der Waals surface area contributed by atoms with Crippen LogP contribution in [0.15, 0.2) is 35.5 Å². The summed E-state index contributed by atoms with van der Waals surface area (Å²) in [4.78, 5) is 13.5. The van der Waals surface area contributed by atoms with Gasteiger partial charge < -0.3 is 4.57 Å². The summed E-state index contributed by atoms with van der Waals surface area (Å²) in [5, 5.41) is 0. The van der Waals surface area contributed by atoms with E-state index >= 15 is 0 Å². The predicted octanol–water partition coefficient (Wildman–Crippen LogP) is 2.62. The van der Waals surface area contributed by atoms with Gasteiger partial charge in [-0.25, -0.2) is 18.4 Å². The molecule has 0 atom stereocenters. The van der Waals surface area contributed by atoms with E-state index in [9.17, 15) is 8.42 Å². The van der Waals surface area contributed by atoms with Gasteiger partial charge in [0.2, 0.25) is 0 Å². The fraction of sp³-hybridized carbons (Fsp3) is 0.312. The first-order valence-electron chi connectivity index (χ1n) is 7.49. The van der Waals surface area contributed by atoms with Crippen molar-refractivity contribution in [1.82, 2.24) is 19.5 Å². The van der Waals surface area contributed by atoms with Gasteiger partial charge in [-0.15, -0.1) is 0 Å². The molecule has 0 fully saturated rings. The largest absolute Gasteiger partial charge is 0.308 e. The standard InChI is InChI=1S/C16H18N4O2S/c1-4-20-15-12(9-11(3)10-18-15)19-16(20)14-13(7-6-8-17-14)23(21,22)5-2/h6-10H,4-5H2,1-3H3. The van der Waals surface area contributed by atoms with Gasteiger partial charge in [0.25, 0.3) is 0 Å². The van der Waals surface area contributed by atoms with Crippen molar-refractivity contribution in [2.24, 2.45) is 0 Å². The van der Waals surface area contributed by atoms with E-state index in [1.54, 1.807) is 31.5 Å². The summed E-state index contributed by atoms with van der Waals surface area (Å²) < 4.78 is 26.6. The number of pyridine rings is 2. The highest BCUT2D eigenvalue weighted by molar-refractivity contribution is 7.91. The van der Waals surface area contributed by atoms with Crippen molar-refractivity contribution in [2.75, 3.05) is 5.75 Å². The smallest absolute Gasteiger partial charge is 0.180 e. The number of fused-ring (bicyclic) bond motifs is 1. The lowest BCUT2D eigenvalue weighted by atomic mass is 10.3. The van der Waals surface area contributed by atoms with Gasteiger partial charge in [0.1, 0.15) is 11.2 Å². The average molecular weight is 330 g/mol. The average Bonchev–Trinajstić information content (AvgIpc) is 2.92. The Morgan fingerprint density at radius 3 is 2.70 bits per heavy atom. The quantitative estimate of drug-likeness (QED) is 0.735. The van der Waals surface area contributed by atoms with Crippen molar-refractivity contribution in [3.63, 3.8) is 0 Å². The molecule has 3 aromatic rings. The normalized spacial score (nSPS) is 12.0. The highest BCUT2D eigenvalue weighted by Gasteiger charge is 2.23. The molecule has 0 aliphatic carbocycles. The number of rotatable bonds is 4. The zero-order valence-corrected chi connectivity index (χ0v) is 14.1. The topological polar surface area (TPSA) is 77.7 Å². The van der Waals surface area contributed by atoms with Crippen LogP contribution in [0.3, 0.4) is 0 Å². The maximum absolute atomic E-state index is 12.4. The Morgan fingerprint density at radius 1 is 1.22 bits per heavy atom. The molecule has 120 valence electrons. The van der Waals surface area contributed by atoms with Crippen molar-refractivity contribution in [1.29, 1.82) is 0 Å². The van der Waals surface area contributed by atoms with Gasteiger partial charge in [0, 0.05) is 18.9 Å². The van der Waals surface area contributed by atoms with Gasteiger partial charge in [-0.3, -0.25) is 4.98 Å². The number of hydrogen-bond acceptors (Lipinski definition) is 5. The van der Waals surface area contributed by atoms with Gasteiger partial charge in [0.15, 0.2) is 21.3 Å². The Bertz CT molecular complexity index is 977. The van der Waals surface area contributed by atoms with E-state index in [0.717, 1.165) is 16.7 Å². The minimum Gasteiger partial charge on any atom is -0.308 e. The second-order valence-electron chi connectivity index (χ2n) is 5.29. The summed E-state index contributed by atoms with van der Waals surface area (Å²) in [6.07, 6.45) is 3.37. The zero-order valence-electron chi connectivity index (χ0n) is 13.3. The molecule has 0 N–H and O–H groups in total. The van der Waals surface area contributed by atoms with E-state index in [0.29, 0.717) is 18.1 Å². The van der Waals surface area contributed by atoms with Crippen molar-refractivity contribution in [2.45, 2.75) is 32.2 Å². The fourth-order valence-corrected chi connectivity index (χ4v) is 3.59. The lowest BCUT2D eigenvalue weighted by Gasteiger charge is -2.09. The Kier molecular flexibility index (Phi) is 3.89. The van der Waals surface area contributed by atoms with Crippen LogP contribution in [-0.4, -0.2) is 33.7 Å². The second kappa shape index (κ2) is 5.73. The monoisotopic (exact) mass is 330 g/mol. The first-order chi connectivity index (χ1) is 11.0. The van der Waals surface area contributed by atoms with Gasteiger partial charge in [-0.05, 0) is 37.6 Å². The second-order valence-corrected chi connectivity index (χ2v) is 7.54. The molecule has 3 heterocycles. The first kappa shape index (κ1) is 15.6. The molecule has 7 heteroatoms. The molecular weight excluding hydrogens is 312 g/mol. The lowest BCUT2D eigenvalue weighted by molar-refractivity contribution is 0.597.